The number of likely N-dealkylation sites (tertiary alicyclic amines) is 2. The third-order valence-electron chi connectivity index (χ3n) is 14.3. The molecular weight excluding hydrogens is 1010 g/mol. The number of nitrogens with one attached hydrogen (secondary N) is 2. The maximum Gasteiger partial charge on any atom is 0.324 e. The summed E-state index contributed by atoms with van der Waals surface area (Å²) in [5.41, 5.74) is 9.74. The van der Waals surface area contributed by atoms with Crippen molar-refractivity contribution in [3.63, 3.8) is 0 Å². The van der Waals surface area contributed by atoms with E-state index in [9.17, 15) is 24.0 Å². The van der Waals surface area contributed by atoms with Gasteiger partial charge >= 0.3 is 5.97 Å². The third-order valence-corrected chi connectivity index (χ3v) is 14.3. The summed E-state index contributed by atoms with van der Waals surface area (Å²) in [5, 5.41) is 5.64. The smallest absolute Gasteiger partial charge is 0.324 e. The zero-order valence-electron chi connectivity index (χ0n) is 42.7. The first kappa shape index (κ1) is 62.0. The summed E-state index contributed by atoms with van der Waals surface area (Å²) in [4.78, 5) is 78.6. The minimum absolute atomic E-state index is 0. The zero-order valence-corrected chi connectivity index (χ0v) is 47.7. The van der Waals surface area contributed by atoms with Gasteiger partial charge in [0, 0.05) is 74.3 Å². The summed E-state index contributed by atoms with van der Waals surface area (Å²) in [6.07, 6.45) is 4.34. The fourth-order valence-electron chi connectivity index (χ4n) is 10.8. The van der Waals surface area contributed by atoms with E-state index in [4.69, 9.17) is 14.5 Å². The van der Waals surface area contributed by atoms with E-state index >= 15 is 0 Å². The fourth-order valence-corrected chi connectivity index (χ4v) is 10.8. The van der Waals surface area contributed by atoms with Crippen molar-refractivity contribution in [2.24, 2.45) is 16.7 Å². The van der Waals surface area contributed by atoms with Gasteiger partial charge in [0.1, 0.15) is 18.1 Å². The van der Waals surface area contributed by atoms with Crippen LogP contribution in [0.1, 0.15) is 97.1 Å². The molecule has 3 fully saturated rings. The highest BCUT2D eigenvalue weighted by atomic mass is 32.1. The number of fused-ring (bicyclic) bond motifs is 6. The first-order chi connectivity index (χ1) is 32.1. The molecule has 4 amide bonds. The first-order valence-corrected chi connectivity index (χ1v) is 23.9. The molecule has 3 saturated heterocycles. The Hall–Kier alpha value is -4.29. The van der Waals surface area contributed by atoms with Gasteiger partial charge in [0.25, 0.3) is 11.8 Å². The molecule has 72 heavy (non-hydrogen) atoms. The van der Waals surface area contributed by atoms with Crippen LogP contribution in [0.25, 0.3) is 33.3 Å². The Morgan fingerprint density at radius 2 is 1.68 bits per heavy atom. The molecule has 0 unspecified atom stereocenters. The Morgan fingerprint density at radius 3 is 2.38 bits per heavy atom. The highest BCUT2D eigenvalue weighted by Gasteiger charge is 2.54. The van der Waals surface area contributed by atoms with Crippen molar-refractivity contribution in [1.82, 2.24) is 35.1 Å². The van der Waals surface area contributed by atoms with Crippen molar-refractivity contribution in [2.75, 3.05) is 39.9 Å². The summed E-state index contributed by atoms with van der Waals surface area (Å²) >= 11 is 0. The molecule has 2 N–H and O–H groups in total. The van der Waals surface area contributed by atoms with E-state index in [2.05, 4.69) is 84.3 Å². The molecule has 0 aliphatic carbocycles. The standard InChI is InChI=1S/C53H65N7O7.5H2S/c1-9-14-44(61)57-25-21-53(31-57)22-26-59(51(53)65)46(33(3)4)48(62)55-42-28-35-15-11-16-36(27-35)37-19-20-43-39(29-37)40(47(58(43)10-2)38-17-12-23-54-45(38)34(5)66-8)30-52(6,7)32-67-50(64)41-18-13-24-60(56-41)49(42)63;;;;;/h11-12,15-17,19-20,23,27,29,33-34,41-42,46,56H,10,13,18,21-22,24-26,28,30-32H2,1-8H3,(H,55,62);5*1H2/t34-,41-,42-,46-,53-;;;;;/m0...../s1. The Bertz CT molecular complexity index is 2670. The van der Waals surface area contributed by atoms with E-state index in [1.165, 1.54) is 5.01 Å². The maximum absolute atomic E-state index is 14.8. The minimum Gasteiger partial charge on any atom is -0.464 e. The van der Waals surface area contributed by atoms with Crippen molar-refractivity contribution in [2.45, 2.75) is 118 Å². The molecule has 394 valence electrons. The molecular formula is C53H75N7O7S5. The number of carbonyl (C=O) groups is 5. The quantitative estimate of drug-likeness (QED) is 0.143. The van der Waals surface area contributed by atoms with Gasteiger partial charge < -0.3 is 29.2 Å². The van der Waals surface area contributed by atoms with Gasteiger partial charge in [-0.15, -0.1) is 0 Å². The van der Waals surface area contributed by atoms with Gasteiger partial charge in [0.15, 0.2) is 0 Å². The van der Waals surface area contributed by atoms with Crippen LogP contribution < -0.4 is 10.7 Å². The monoisotopic (exact) mass is 1080 g/mol. The number of cyclic esters (lactones) is 1. The Labute approximate surface area is 460 Å². The second kappa shape index (κ2) is 25.8. The number of aromatic nitrogens is 2. The molecule has 4 aliphatic heterocycles. The van der Waals surface area contributed by atoms with E-state index in [0.29, 0.717) is 58.3 Å². The second-order valence-corrected chi connectivity index (χ2v) is 19.9. The number of amides is 4. The molecule has 4 aromatic rings. The van der Waals surface area contributed by atoms with Crippen LogP contribution in [-0.4, -0.2) is 112 Å². The normalized spacial score (nSPS) is 21.3. The molecule has 8 rings (SSSR count). The molecule has 4 aliphatic rings. The highest BCUT2D eigenvalue weighted by molar-refractivity contribution is 7.60. The second-order valence-electron chi connectivity index (χ2n) is 19.9. The molecule has 0 radical (unpaired) electrons. The molecule has 0 saturated carbocycles. The average molecular weight is 1080 g/mol. The number of pyridine rings is 1. The number of hydrogen-bond acceptors (Lipinski definition) is 9. The molecule has 5 atom stereocenters. The molecule has 6 bridgehead atoms. The van der Waals surface area contributed by atoms with E-state index < -0.39 is 40.8 Å². The van der Waals surface area contributed by atoms with Crippen molar-refractivity contribution >= 4 is 108 Å². The lowest BCUT2D eigenvalue weighted by Gasteiger charge is -2.37. The average Bonchev–Trinajstić information content (AvgIpc) is 3.99. The van der Waals surface area contributed by atoms with Crippen LogP contribution in [0.3, 0.4) is 0 Å². The number of nitrogens with zero attached hydrogens (tertiary/aromatic N) is 5. The van der Waals surface area contributed by atoms with Gasteiger partial charge in [-0.1, -0.05) is 63.9 Å². The van der Waals surface area contributed by atoms with Gasteiger partial charge in [0.2, 0.25) is 11.8 Å². The number of ether oxygens (including phenoxy) is 2. The molecule has 2 aromatic carbocycles. The molecule has 14 nitrogen and oxygen atoms in total. The van der Waals surface area contributed by atoms with Crippen LogP contribution in [0.5, 0.6) is 0 Å². The molecule has 1 spiro atoms. The van der Waals surface area contributed by atoms with Gasteiger partial charge in [-0.05, 0) is 111 Å². The highest BCUT2D eigenvalue weighted by Crippen LogP contribution is 2.44. The summed E-state index contributed by atoms with van der Waals surface area (Å²) in [7, 11) is 1.69. The number of esters is 1. The Balaban J connectivity index is 0.00000274. The number of benzene rings is 2. The summed E-state index contributed by atoms with van der Waals surface area (Å²) in [5.74, 6) is 3.25. The number of rotatable bonds is 8. The first-order valence-electron chi connectivity index (χ1n) is 23.9. The van der Waals surface area contributed by atoms with Crippen molar-refractivity contribution in [3.05, 3.63) is 77.6 Å². The summed E-state index contributed by atoms with van der Waals surface area (Å²) in [6, 6.07) is 16.0. The predicted octanol–water partition coefficient (Wildman–Crippen LogP) is 6.81. The van der Waals surface area contributed by atoms with E-state index in [-0.39, 0.29) is 117 Å². The maximum atomic E-state index is 14.8. The van der Waals surface area contributed by atoms with Crippen LogP contribution in [0.2, 0.25) is 0 Å². The lowest BCUT2D eigenvalue weighted by Crippen LogP contribution is -2.62. The third kappa shape index (κ3) is 12.4. The van der Waals surface area contributed by atoms with Crippen molar-refractivity contribution < 1.29 is 33.4 Å². The number of methoxy groups -OCH3 is 1. The van der Waals surface area contributed by atoms with Gasteiger partial charge in [-0.2, -0.15) is 67.5 Å². The number of hydrazine groups is 1. The van der Waals surface area contributed by atoms with Crippen LogP contribution in [-0.2, 0) is 52.8 Å². The number of hydrogen-bond donors (Lipinski definition) is 2. The van der Waals surface area contributed by atoms with Crippen molar-refractivity contribution in [1.29, 1.82) is 0 Å². The Morgan fingerprint density at radius 1 is 0.958 bits per heavy atom. The van der Waals surface area contributed by atoms with E-state index in [1.807, 2.05) is 39.0 Å². The minimum atomic E-state index is -1.04. The van der Waals surface area contributed by atoms with Crippen LogP contribution in [0.4, 0.5) is 0 Å². The lowest BCUT2D eigenvalue weighted by molar-refractivity contribution is -0.155. The predicted molar refractivity (Wildman–Crippen MR) is 308 cm³/mol. The summed E-state index contributed by atoms with van der Waals surface area (Å²) < 4.78 is 14.3. The largest absolute Gasteiger partial charge is 0.464 e. The lowest BCUT2D eigenvalue weighted by atomic mass is 9.84. The van der Waals surface area contributed by atoms with Crippen molar-refractivity contribution in [3.8, 4) is 34.2 Å². The fraction of sp³-hybridized carbons (Fsp3) is 0.509. The Kier molecular flexibility index (Phi) is 22.2. The molecule has 6 heterocycles. The molecule has 19 heteroatoms. The van der Waals surface area contributed by atoms with Gasteiger partial charge in [-0.3, -0.25) is 34.0 Å². The number of aryl methyl sites for hydroxylation is 1. The SMILES string of the molecule is CC#CC(=O)N1CC[C@]2(CCN([C@H](C(=O)N[C@H]3Cc4cccc(c4)-c4ccc5c(c4)c(c(-c4cccnc4[C@H](C)OC)n5CC)CC(C)(C)COC(=O)[C@@H]4CCCN(N4)C3=O)C(C)C)C2=O)C1.S.S.S.S.S. The number of carbonyl (C=O) groups excluding carboxylic acids is 5. The van der Waals surface area contributed by atoms with Crippen LogP contribution >= 0.6 is 67.5 Å². The van der Waals surface area contributed by atoms with E-state index in [0.717, 1.165) is 50.1 Å². The van der Waals surface area contributed by atoms with Crippen LogP contribution in [0.15, 0.2) is 60.8 Å². The van der Waals surface area contributed by atoms with Gasteiger partial charge in [0.05, 0.1) is 29.5 Å². The summed E-state index contributed by atoms with van der Waals surface area (Å²) in [6.45, 7) is 16.0. The zero-order chi connectivity index (χ0) is 47.8. The van der Waals surface area contributed by atoms with Gasteiger partial charge in [-0.25, -0.2) is 5.43 Å². The molecule has 2 aromatic heterocycles. The van der Waals surface area contributed by atoms with E-state index in [1.54, 1.807) is 30.0 Å². The van der Waals surface area contributed by atoms with Crippen LogP contribution in [0, 0.1) is 28.6 Å². The topological polar surface area (TPSA) is 155 Å².